The molecule has 0 amide bonds. The Balaban J connectivity index is 2.00. The lowest BCUT2D eigenvalue weighted by molar-refractivity contribution is 0.131. The van der Waals surface area contributed by atoms with E-state index in [0.29, 0.717) is 6.04 Å². The summed E-state index contributed by atoms with van der Waals surface area (Å²) in [6.07, 6.45) is 2.45. The fraction of sp³-hybridized carbons (Fsp3) is 0.600. The molecule has 1 atom stereocenters. The highest BCUT2D eigenvalue weighted by Crippen LogP contribution is 2.26. The normalized spacial score (nSPS) is 17.6. The van der Waals surface area contributed by atoms with Crippen LogP contribution >= 0.6 is 0 Å². The molecular formula is C15H23NO2. The summed E-state index contributed by atoms with van der Waals surface area (Å²) in [4.78, 5) is 0. The molecule has 3 nitrogen and oxygen atoms in total. The van der Waals surface area contributed by atoms with Crippen LogP contribution in [0.25, 0.3) is 0 Å². The highest BCUT2D eigenvalue weighted by Gasteiger charge is 2.25. The number of aliphatic hydroxyl groups excluding tert-OH is 1. The third-order valence-corrected chi connectivity index (χ3v) is 2.90. The molecule has 0 radical (unpaired) electrons. The van der Waals surface area contributed by atoms with E-state index in [2.05, 4.69) is 5.32 Å². The van der Waals surface area contributed by atoms with Gasteiger partial charge in [-0.25, -0.2) is 0 Å². The number of hydrogen-bond acceptors (Lipinski definition) is 3. The zero-order valence-electron chi connectivity index (χ0n) is 11.4. The van der Waals surface area contributed by atoms with Crippen LogP contribution in [0.5, 0.6) is 5.75 Å². The van der Waals surface area contributed by atoms with Crippen molar-refractivity contribution in [2.75, 3.05) is 6.61 Å². The first-order valence-corrected chi connectivity index (χ1v) is 6.64. The zero-order valence-corrected chi connectivity index (χ0v) is 11.4. The van der Waals surface area contributed by atoms with Gasteiger partial charge in [0.15, 0.2) is 0 Å². The van der Waals surface area contributed by atoms with Gasteiger partial charge in [-0.1, -0.05) is 12.1 Å². The molecule has 100 valence electrons. The van der Waals surface area contributed by atoms with Crippen molar-refractivity contribution in [2.45, 2.75) is 51.3 Å². The third-order valence-electron chi connectivity index (χ3n) is 2.90. The second-order valence-electron chi connectivity index (χ2n) is 5.96. The van der Waals surface area contributed by atoms with Crippen molar-refractivity contribution in [3.8, 4) is 5.75 Å². The van der Waals surface area contributed by atoms with Crippen LogP contribution in [0.3, 0.4) is 0 Å². The molecule has 1 fully saturated rings. The van der Waals surface area contributed by atoms with Gasteiger partial charge in [0, 0.05) is 6.04 Å². The van der Waals surface area contributed by atoms with Gasteiger partial charge in [-0.2, -0.15) is 0 Å². The second-order valence-corrected chi connectivity index (χ2v) is 5.96. The third kappa shape index (κ3) is 4.00. The molecule has 0 aliphatic heterocycles. The number of ether oxygens (including phenoxy) is 1. The van der Waals surface area contributed by atoms with E-state index in [-0.39, 0.29) is 18.2 Å². The van der Waals surface area contributed by atoms with Crippen LogP contribution in [0.15, 0.2) is 24.3 Å². The lowest BCUT2D eigenvalue weighted by Crippen LogP contribution is -2.26. The number of hydrogen-bond donors (Lipinski definition) is 2. The molecule has 0 aromatic heterocycles. The molecule has 2 rings (SSSR count). The predicted molar refractivity (Wildman–Crippen MR) is 72.8 cm³/mol. The van der Waals surface area contributed by atoms with E-state index < -0.39 is 0 Å². The Morgan fingerprint density at radius 3 is 2.33 bits per heavy atom. The van der Waals surface area contributed by atoms with Gasteiger partial charge in [0.1, 0.15) is 11.4 Å². The van der Waals surface area contributed by atoms with E-state index in [9.17, 15) is 5.11 Å². The summed E-state index contributed by atoms with van der Waals surface area (Å²) in [6.45, 7) is 6.24. The molecule has 1 aromatic carbocycles. The van der Waals surface area contributed by atoms with Crippen LogP contribution in [-0.4, -0.2) is 23.4 Å². The van der Waals surface area contributed by atoms with Crippen LogP contribution in [-0.2, 0) is 0 Å². The highest BCUT2D eigenvalue weighted by atomic mass is 16.5. The average Bonchev–Trinajstić information content (AvgIpc) is 3.09. The first-order chi connectivity index (χ1) is 8.48. The molecule has 0 heterocycles. The maximum atomic E-state index is 9.42. The largest absolute Gasteiger partial charge is 0.488 e. The predicted octanol–water partition coefficient (Wildman–Crippen LogP) is 2.65. The molecular weight excluding hydrogens is 226 g/mol. The van der Waals surface area contributed by atoms with Gasteiger partial charge >= 0.3 is 0 Å². The summed E-state index contributed by atoms with van der Waals surface area (Å²) in [5.41, 5.74) is 0.940. The van der Waals surface area contributed by atoms with E-state index >= 15 is 0 Å². The molecule has 1 aliphatic rings. The minimum atomic E-state index is -0.176. The van der Waals surface area contributed by atoms with Crippen molar-refractivity contribution in [1.82, 2.24) is 5.32 Å². The summed E-state index contributed by atoms with van der Waals surface area (Å²) in [7, 11) is 0. The van der Waals surface area contributed by atoms with E-state index in [0.717, 1.165) is 11.3 Å². The zero-order chi connectivity index (χ0) is 13.2. The fourth-order valence-electron chi connectivity index (χ4n) is 1.91. The molecule has 2 N–H and O–H groups in total. The van der Waals surface area contributed by atoms with E-state index in [4.69, 9.17) is 4.74 Å². The molecule has 1 aromatic rings. The first-order valence-electron chi connectivity index (χ1n) is 6.64. The smallest absolute Gasteiger partial charge is 0.120 e. The van der Waals surface area contributed by atoms with Gasteiger partial charge < -0.3 is 15.2 Å². The van der Waals surface area contributed by atoms with Crippen molar-refractivity contribution in [2.24, 2.45) is 0 Å². The highest BCUT2D eigenvalue weighted by molar-refractivity contribution is 5.30. The quantitative estimate of drug-likeness (QED) is 0.843. The standard InChI is InChI=1S/C15H23NO2/c1-15(2,3)18-13-8-4-11(5-9-13)14(10-17)16-12-6-7-12/h4-5,8-9,12,14,16-17H,6-7,10H2,1-3H3. The van der Waals surface area contributed by atoms with E-state index in [1.54, 1.807) is 0 Å². The molecule has 0 saturated heterocycles. The van der Waals surface area contributed by atoms with Crippen LogP contribution < -0.4 is 10.1 Å². The Kier molecular flexibility index (Phi) is 3.93. The van der Waals surface area contributed by atoms with Crippen LogP contribution in [0.1, 0.15) is 45.2 Å². The first kappa shape index (κ1) is 13.4. The number of nitrogens with one attached hydrogen (secondary N) is 1. The summed E-state index contributed by atoms with van der Waals surface area (Å²) >= 11 is 0. The monoisotopic (exact) mass is 249 g/mol. The second kappa shape index (κ2) is 5.29. The van der Waals surface area contributed by atoms with Gasteiger partial charge in [-0.05, 0) is 51.3 Å². The van der Waals surface area contributed by atoms with E-state index in [1.807, 2.05) is 45.0 Å². The lowest BCUT2D eigenvalue weighted by Gasteiger charge is -2.22. The number of benzene rings is 1. The molecule has 1 aliphatic carbocycles. The summed E-state index contributed by atoms with van der Waals surface area (Å²) in [6, 6.07) is 8.62. The minimum absolute atomic E-state index is 0.0428. The van der Waals surface area contributed by atoms with Gasteiger partial charge in [0.05, 0.1) is 12.6 Å². The minimum Gasteiger partial charge on any atom is -0.488 e. The molecule has 1 unspecified atom stereocenters. The molecule has 18 heavy (non-hydrogen) atoms. The van der Waals surface area contributed by atoms with Crippen LogP contribution in [0, 0.1) is 0 Å². The van der Waals surface area contributed by atoms with Gasteiger partial charge in [0.2, 0.25) is 0 Å². The fourth-order valence-corrected chi connectivity index (χ4v) is 1.91. The van der Waals surface area contributed by atoms with E-state index in [1.165, 1.54) is 12.8 Å². The SMILES string of the molecule is CC(C)(C)Oc1ccc(C(CO)NC2CC2)cc1. The molecule has 3 heteroatoms. The number of aliphatic hydroxyl groups is 1. The summed E-state index contributed by atoms with van der Waals surface area (Å²) in [5, 5.41) is 12.9. The Bertz CT molecular complexity index is 376. The van der Waals surface area contributed by atoms with Crippen molar-refractivity contribution < 1.29 is 9.84 Å². The summed E-state index contributed by atoms with van der Waals surface area (Å²) in [5.74, 6) is 0.870. The van der Waals surface area contributed by atoms with Crippen molar-refractivity contribution in [3.63, 3.8) is 0 Å². The topological polar surface area (TPSA) is 41.5 Å². The molecule has 0 bridgehead atoms. The van der Waals surface area contributed by atoms with Crippen molar-refractivity contribution in [3.05, 3.63) is 29.8 Å². The number of rotatable bonds is 5. The van der Waals surface area contributed by atoms with Crippen molar-refractivity contribution in [1.29, 1.82) is 0 Å². The van der Waals surface area contributed by atoms with Crippen molar-refractivity contribution >= 4 is 0 Å². The average molecular weight is 249 g/mol. The van der Waals surface area contributed by atoms with Crippen LogP contribution in [0.4, 0.5) is 0 Å². The lowest BCUT2D eigenvalue weighted by atomic mass is 10.1. The molecule has 1 saturated carbocycles. The van der Waals surface area contributed by atoms with Gasteiger partial charge in [-0.15, -0.1) is 0 Å². The maximum absolute atomic E-state index is 9.42. The maximum Gasteiger partial charge on any atom is 0.120 e. The van der Waals surface area contributed by atoms with Crippen LogP contribution in [0.2, 0.25) is 0 Å². The Labute approximate surface area is 109 Å². The van der Waals surface area contributed by atoms with Gasteiger partial charge in [-0.3, -0.25) is 0 Å². The molecule has 0 spiro atoms. The Hall–Kier alpha value is -1.06. The Morgan fingerprint density at radius 1 is 1.28 bits per heavy atom. The van der Waals surface area contributed by atoms with Gasteiger partial charge in [0.25, 0.3) is 0 Å². The summed E-state index contributed by atoms with van der Waals surface area (Å²) < 4.78 is 5.78. The Morgan fingerprint density at radius 2 is 1.89 bits per heavy atom.